The summed E-state index contributed by atoms with van der Waals surface area (Å²) in [4.78, 5) is 4.40. The van der Waals surface area contributed by atoms with Gasteiger partial charge in [0.1, 0.15) is 11.3 Å². The van der Waals surface area contributed by atoms with Gasteiger partial charge in [0.25, 0.3) is 0 Å². The molecule has 1 unspecified atom stereocenters. The third kappa shape index (κ3) is 2.17. The molecule has 0 saturated carbocycles. The molecule has 0 spiro atoms. The van der Waals surface area contributed by atoms with E-state index in [-0.39, 0.29) is 0 Å². The SMILES string of the molecule is CCOC1=NCC(c2cc3cc(Br)ccc3o2)C1. The van der Waals surface area contributed by atoms with Crippen LogP contribution in [0.1, 0.15) is 25.0 Å². The Morgan fingerprint density at radius 2 is 2.33 bits per heavy atom. The standard InChI is InChI=1S/C14H14BrNO2/c1-2-17-14-7-10(8-16-14)13-6-9-5-11(15)3-4-12(9)18-13/h3-6,10H,2,7-8H2,1H3. The summed E-state index contributed by atoms with van der Waals surface area (Å²) in [6.45, 7) is 3.42. The molecule has 1 atom stereocenters. The second kappa shape index (κ2) is 4.76. The lowest BCUT2D eigenvalue weighted by Crippen LogP contribution is -2.03. The lowest BCUT2D eigenvalue weighted by Gasteiger charge is -2.04. The highest BCUT2D eigenvalue weighted by molar-refractivity contribution is 9.10. The first-order valence-corrected chi connectivity index (χ1v) is 6.90. The highest BCUT2D eigenvalue weighted by Crippen LogP contribution is 2.32. The molecular formula is C14H14BrNO2. The van der Waals surface area contributed by atoms with Gasteiger partial charge in [-0.2, -0.15) is 0 Å². The topological polar surface area (TPSA) is 34.7 Å². The zero-order valence-corrected chi connectivity index (χ0v) is 11.7. The van der Waals surface area contributed by atoms with Crippen LogP contribution in [0, 0.1) is 0 Å². The average molecular weight is 308 g/mol. The van der Waals surface area contributed by atoms with Crippen LogP contribution in [-0.2, 0) is 4.74 Å². The number of nitrogens with zero attached hydrogens (tertiary/aromatic N) is 1. The lowest BCUT2D eigenvalue weighted by atomic mass is 10.1. The number of benzene rings is 1. The van der Waals surface area contributed by atoms with E-state index >= 15 is 0 Å². The normalized spacial score (nSPS) is 19.2. The Morgan fingerprint density at radius 3 is 3.17 bits per heavy atom. The third-order valence-electron chi connectivity index (χ3n) is 3.12. The van der Waals surface area contributed by atoms with E-state index in [4.69, 9.17) is 9.15 Å². The molecule has 0 saturated heterocycles. The predicted molar refractivity (Wildman–Crippen MR) is 75.2 cm³/mol. The molecule has 1 aromatic carbocycles. The monoisotopic (exact) mass is 307 g/mol. The van der Waals surface area contributed by atoms with Gasteiger partial charge in [-0.3, -0.25) is 4.99 Å². The van der Waals surface area contributed by atoms with Gasteiger partial charge < -0.3 is 9.15 Å². The van der Waals surface area contributed by atoms with Crippen molar-refractivity contribution in [1.82, 2.24) is 0 Å². The maximum Gasteiger partial charge on any atom is 0.183 e. The minimum atomic E-state index is 0.317. The van der Waals surface area contributed by atoms with Crippen LogP contribution in [0.5, 0.6) is 0 Å². The molecule has 0 bridgehead atoms. The molecule has 0 fully saturated rings. The van der Waals surface area contributed by atoms with Gasteiger partial charge in [-0.25, -0.2) is 0 Å². The summed E-state index contributed by atoms with van der Waals surface area (Å²) in [5, 5.41) is 1.13. The molecule has 18 heavy (non-hydrogen) atoms. The van der Waals surface area contributed by atoms with Crippen LogP contribution in [0.3, 0.4) is 0 Å². The van der Waals surface area contributed by atoms with Crippen LogP contribution in [0.4, 0.5) is 0 Å². The second-order valence-electron chi connectivity index (χ2n) is 4.40. The summed E-state index contributed by atoms with van der Waals surface area (Å²) in [7, 11) is 0. The van der Waals surface area contributed by atoms with Gasteiger partial charge >= 0.3 is 0 Å². The quantitative estimate of drug-likeness (QED) is 0.836. The minimum absolute atomic E-state index is 0.317. The third-order valence-corrected chi connectivity index (χ3v) is 3.61. The van der Waals surface area contributed by atoms with E-state index in [1.54, 1.807) is 0 Å². The summed E-state index contributed by atoms with van der Waals surface area (Å²) in [6.07, 6.45) is 0.842. The zero-order chi connectivity index (χ0) is 12.5. The molecule has 3 rings (SSSR count). The van der Waals surface area contributed by atoms with Crippen molar-refractivity contribution in [2.45, 2.75) is 19.3 Å². The van der Waals surface area contributed by atoms with Crippen molar-refractivity contribution in [1.29, 1.82) is 0 Å². The van der Waals surface area contributed by atoms with E-state index in [2.05, 4.69) is 33.1 Å². The fraction of sp³-hybridized carbons (Fsp3) is 0.357. The number of furan rings is 1. The Kier molecular flexibility index (Phi) is 3.12. The fourth-order valence-corrected chi connectivity index (χ4v) is 2.63. The second-order valence-corrected chi connectivity index (χ2v) is 5.32. The minimum Gasteiger partial charge on any atom is -0.481 e. The largest absolute Gasteiger partial charge is 0.481 e. The molecule has 1 aliphatic rings. The molecule has 2 aromatic rings. The molecular weight excluding hydrogens is 294 g/mol. The van der Waals surface area contributed by atoms with E-state index in [0.717, 1.165) is 40.1 Å². The van der Waals surface area contributed by atoms with Gasteiger partial charge in [-0.1, -0.05) is 15.9 Å². The van der Waals surface area contributed by atoms with Crippen molar-refractivity contribution in [2.75, 3.05) is 13.2 Å². The number of hydrogen-bond acceptors (Lipinski definition) is 3. The van der Waals surface area contributed by atoms with Crippen LogP contribution >= 0.6 is 15.9 Å². The molecule has 1 aliphatic heterocycles. The number of fused-ring (bicyclic) bond motifs is 1. The molecule has 1 aromatic heterocycles. The van der Waals surface area contributed by atoms with Crippen molar-refractivity contribution in [2.24, 2.45) is 4.99 Å². The average Bonchev–Trinajstić information content (AvgIpc) is 2.94. The number of aliphatic imine (C=N–C) groups is 1. The molecule has 94 valence electrons. The van der Waals surface area contributed by atoms with E-state index < -0.39 is 0 Å². The summed E-state index contributed by atoms with van der Waals surface area (Å²) >= 11 is 3.47. The maximum absolute atomic E-state index is 5.88. The van der Waals surface area contributed by atoms with Crippen molar-refractivity contribution in [3.8, 4) is 0 Å². The van der Waals surface area contributed by atoms with Crippen LogP contribution in [0.15, 0.2) is 38.1 Å². The number of halogens is 1. The predicted octanol–water partition coefficient (Wildman–Crippen LogP) is 4.12. The van der Waals surface area contributed by atoms with Crippen LogP contribution < -0.4 is 0 Å². The first kappa shape index (κ1) is 11.8. The van der Waals surface area contributed by atoms with Crippen molar-refractivity contribution in [3.63, 3.8) is 0 Å². The van der Waals surface area contributed by atoms with Gasteiger partial charge in [0.05, 0.1) is 13.2 Å². The highest BCUT2D eigenvalue weighted by atomic mass is 79.9. The van der Waals surface area contributed by atoms with Crippen molar-refractivity contribution < 1.29 is 9.15 Å². The summed E-state index contributed by atoms with van der Waals surface area (Å²) in [5.41, 5.74) is 0.929. The van der Waals surface area contributed by atoms with Crippen molar-refractivity contribution in [3.05, 3.63) is 34.5 Å². The van der Waals surface area contributed by atoms with E-state index in [1.165, 1.54) is 0 Å². The summed E-state index contributed by atoms with van der Waals surface area (Å²) < 4.78 is 12.4. The Morgan fingerprint density at radius 1 is 1.44 bits per heavy atom. The molecule has 0 N–H and O–H groups in total. The summed E-state index contributed by atoms with van der Waals surface area (Å²) in [6, 6.07) is 8.16. The molecule has 0 amide bonds. The first-order valence-electron chi connectivity index (χ1n) is 6.11. The van der Waals surface area contributed by atoms with Gasteiger partial charge in [0.2, 0.25) is 0 Å². The van der Waals surface area contributed by atoms with E-state index in [9.17, 15) is 0 Å². The van der Waals surface area contributed by atoms with Gasteiger partial charge in [-0.15, -0.1) is 0 Å². The number of hydrogen-bond donors (Lipinski definition) is 0. The molecule has 3 nitrogen and oxygen atoms in total. The number of ether oxygens (including phenoxy) is 1. The van der Waals surface area contributed by atoms with Gasteiger partial charge in [-0.05, 0) is 31.2 Å². The lowest BCUT2D eigenvalue weighted by molar-refractivity contribution is 0.319. The molecule has 0 radical (unpaired) electrons. The Balaban J connectivity index is 1.84. The van der Waals surface area contributed by atoms with Crippen LogP contribution in [0.2, 0.25) is 0 Å². The van der Waals surface area contributed by atoms with Gasteiger partial charge in [0.15, 0.2) is 5.90 Å². The fourth-order valence-electron chi connectivity index (χ4n) is 2.25. The smallest absolute Gasteiger partial charge is 0.183 e. The Labute approximate surface area is 114 Å². The Hall–Kier alpha value is -1.29. The van der Waals surface area contributed by atoms with Crippen LogP contribution in [0.25, 0.3) is 11.0 Å². The molecule has 2 heterocycles. The molecule has 4 heteroatoms. The summed E-state index contributed by atoms with van der Waals surface area (Å²) in [5.74, 6) is 2.17. The number of rotatable bonds is 2. The van der Waals surface area contributed by atoms with Crippen molar-refractivity contribution >= 4 is 32.8 Å². The Bertz CT molecular complexity index is 603. The van der Waals surface area contributed by atoms with E-state index in [0.29, 0.717) is 12.5 Å². The molecule has 0 aliphatic carbocycles. The van der Waals surface area contributed by atoms with Crippen LogP contribution in [-0.4, -0.2) is 19.0 Å². The maximum atomic E-state index is 5.88. The zero-order valence-electron chi connectivity index (χ0n) is 10.1. The highest BCUT2D eigenvalue weighted by Gasteiger charge is 2.24. The van der Waals surface area contributed by atoms with Gasteiger partial charge in [0, 0.05) is 22.2 Å². The van der Waals surface area contributed by atoms with E-state index in [1.807, 2.05) is 19.1 Å². The first-order chi connectivity index (χ1) is 8.76.